The molecule has 1 aromatic rings. The maximum absolute atomic E-state index is 12.9. The van der Waals surface area contributed by atoms with E-state index < -0.39 is 10.7 Å². The molecule has 14 heavy (non-hydrogen) atoms. The predicted molar refractivity (Wildman–Crippen MR) is 48.2 cm³/mol. The fourth-order valence-corrected chi connectivity index (χ4v) is 1.02. The SMILES string of the molecule is C[C](CO)c1cc(F)cc([N+](=O)[O-])c1. The van der Waals surface area contributed by atoms with Crippen molar-refractivity contribution >= 4 is 5.69 Å². The maximum atomic E-state index is 12.9. The molecule has 4 nitrogen and oxygen atoms in total. The van der Waals surface area contributed by atoms with Crippen molar-refractivity contribution in [3.05, 3.63) is 45.6 Å². The van der Waals surface area contributed by atoms with Crippen molar-refractivity contribution in [2.45, 2.75) is 6.92 Å². The zero-order valence-corrected chi connectivity index (χ0v) is 7.53. The van der Waals surface area contributed by atoms with Crippen LogP contribution < -0.4 is 0 Å². The molecule has 1 radical (unpaired) electrons. The van der Waals surface area contributed by atoms with E-state index in [0.29, 0.717) is 11.5 Å². The smallest absolute Gasteiger partial charge is 0.272 e. The molecular formula is C9H9FNO3. The zero-order valence-electron chi connectivity index (χ0n) is 7.53. The monoisotopic (exact) mass is 198 g/mol. The molecule has 0 atom stereocenters. The Labute approximate surface area is 80.1 Å². The Morgan fingerprint density at radius 2 is 2.21 bits per heavy atom. The molecule has 1 rings (SSSR count). The van der Waals surface area contributed by atoms with E-state index in [-0.39, 0.29) is 12.3 Å². The first kappa shape index (κ1) is 10.6. The highest BCUT2D eigenvalue weighted by Crippen LogP contribution is 2.21. The molecule has 1 N–H and O–H groups in total. The summed E-state index contributed by atoms with van der Waals surface area (Å²) in [6.07, 6.45) is 0. The first-order valence-electron chi connectivity index (χ1n) is 3.93. The van der Waals surface area contributed by atoms with Gasteiger partial charge in [-0.15, -0.1) is 0 Å². The molecule has 0 saturated carbocycles. The van der Waals surface area contributed by atoms with Gasteiger partial charge in [-0.2, -0.15) is 0 Å². The Hall–Kier alpha value is -1.49. The standard InChI is InChI=1S/C9H9FNO3/c1-6(5-12)7-2-8(10)4-9(3-7)11(13)14/h2-4,12H,5H2,1H3. The highest BCUT2D eigenvalue weighted by Gasteiger charge is 2.13. The Bertz CT molecular complexity index is 354. The number of nitro groups is 1. The average molecular weight is 198 g/mol. The minimum absolute atomic E-state index is 0.249. The topological polar surface area (TPSA) is 63.4 Å². The van der Waals surface area contributed by atoms with Crippen molar-refractivity contribution in [2.75, 3.05) is 6.61 Å². The van der Waals surface area contributed by atoms with Crippen LogP contribution in [-0.4, -0.2) is 16.6 Å². The molecule has 75 valence electrons. The third-order valence-corrected chi connectivity index (χ3v) is 1.82. The molecule has 0 spiro atoms. The number of hydrogen-bond acceptors (Lipinski definition) is 3. The first-order valence-corrected chi connectivity index (χ1v) is 3.93. The predicted octanol–water partition coefficient (Wildman–Crippen LogP) is 1.67. The van der Waals surface area contributed by atoms with Gasteiger partial charge in [0.05, 0.1) is 17.6 Å². The number of aliphatic hydroxyl groups is 1. The van der Waals surface area contributed by atoms with Crippen LogP contribution in [0.5, 0.6) is 0 Å². The molecule has 5 heteroatoms. The lowest BCUT2D eigenvalue weighted by molar-refractivity contribution is -0.385. The van der Waals surface area contributed by atoms with Crippen LogP contribution in [0.3, 0.4) is 0 Å². The van der Waals surface area contributed by atoms with Crippen molar-refractivity contribution in [1.82, 2.24) is 0 Å². The van der Waals surface area contributed by atoms with E-state index in [1.54, 1.807) is 6.92 Å². The van der Waals surface area contributed by atoms with E-state index in [9.17, 15) is 14.5 Å². The summed E-state index contributed by atoms with van der Waals surface area (Å²) in [5, 5.41) is 19.2. The van der Waals surface area contributed by atoms with Crippen molar-refractivity contribution in [3.8, 4) is 0 Å². The number of benzene rings is 1. The Morgan fingerprint density at radius 3 is 2.71 bits per heavy atom. The number of nitrogens with zero attached hydrogens (tertiary/aromatic N) is 1. The first-order chi connectivity index (χ1) is 6.54. The van der Waals surface area contributed by atoms with Gasteiger partial charge < -0.3 is 5.11 Å². The van der Waals surface area contributed by atoms with Gasteiger partial charge in [0.2, 0.25) is 0 Å². The molecular weight excluding hydrogens is 189 g/mol. The normalized spacial score (nSPS) is 10.6. The van der Waals surface area contributed by atoms with Crippen LogP contribution in [0.4, 0.5) is 10.1 Å². The second-order valence-electron chi connectivity index (χ2n) is 2.89. The van der Waals surface area contributed by atoms with Gasteiger partial charge in [-0.1, -0.05) is 6.92 Å². The van der Waals surface area contributed by atoms with Crippen LogP contribution in [0.25, 0.3) is 0 Å². The number of halogens is 1. The minimum atomic E-state index is -0.679. The number of rotatable bonds is 3. The van der Waals surface area contributed by atoms with Gasteiger partial charge >= 0.3 is 0 Å². The lowest BCUT2D eigenvalue weighted by Crippen LogP contribution is -2.01. The molecule has 0 heterocycles. The van der Waals surface area contributed by atoms with E-state index in [0.717, 1.165) is 12.1 Å². The molecule has 0 aromatic heterocycles. The number of aliphatic hydroxyl groups excluding tert-OH is 1. The van der Waals surface area contributed by atoms with Crippen LogP contribution in [-0.2, 0) is 0 Å². The molecule has 0 aliphatic heterocycles. The highest BCUT2D eigenvalue weighted by molar-refractivity contribution is 5.41. The van der Waals surface area contributed by atoms with Crippen LogP contribution in [0.15, 0.2) is 18.2 Å². The summed E-state index contributed by atoms with van der Waals surface area (Å²) >= 11 is 0. The third-order valence-electron chi connectivity index (χ3n) is 1.82. The number of hydrogen-bond donors (Lipinski definition) is 1. The molecule has 0 amide bonds. The van der Waals surface area contributed by atoms with Gasteiger partial charge in [0.25, 0.3) is 5.69 Å². The van der Waals surface area contributed by atoms with E-state index >= 15 is 0 Å². The molecule has 0 aliphatic carbocycles. The summed E-state index contributed by atoms with van der Waals surface area (Å²) in [5.74, 6) is -0.186. The summed E-state index contributed by atoms with van der Waals surface area (Å²) in [5.41, 5.74) is 0.0343. The molecule has 0 unspecified atom stereocenters. The quantitative estimate of drug-likeness (QED) is 0.593. The highest BCUT2D eigenvalue weighted by atomic mass is 19.1. The second kappa shape index (κ2) is 4.15. The summed E-state index contributed by atoms with van der Waals surface area (Å²) in [4.78, 5) is 9.71. The number of nitro benzene ring substituents is 1. The van der Waals surface area contributed by atoms with Gasteiger partial charge in [-0.25, -0.2) is 4.39 Å². The Morgan fingerprint density at radius 1 is 1.57 bits per heavy atom. The fourth-order valence-electron chi connectivity index (χ4n) is 1.02. The van der Waals surface area contributed by atoms with Crippen molar-refractivity contribution in [1.29, 1.82) is 0 Å². The van der Waals surface area contributed by atoms with Crippen molar-refractivity contribution in [3.63, 3.8) is 0 Å². The van der Waals surface area contributed by atoms with E-state index in [4.69, 9.17) is 5.11 Å². The Kier molecular flexibility index (Phi) is 3.14. The van der Waals surface area contributed by atoms with Gasteiger partial charge in [0.1, 0.15) is 5.82 Å². The van der Waals surface area contributed by atoms with Gasteiger partial charge in [-0.3, -0.25) is 10.1 Å². The third kappa shape index (κ3) is 2.26. The maximum Gasteiger partial charge on any atom is 0.272 e. The Balaban J connectivity index is 3.13. The summed E-state index contributed by atoms with van der Waals surface area (Å²) < 4.78 is 12.9. The van der Waals surface area contributed by atoms with Crippen LogP contribution in [0.1, 0.15) is 12.5 Å². The van der Waals surface area contributed by atoms with Gasteiger partial charge in [0, 0.05) is 12.0 Å². The molecule has 0 aliphatic rings. The summed E-state index contributed by atoms with van der Waals surface area (Å²) in [6.45, 7) is 1.33. The molecule has 0 bridgehead atoms. The summed E-state index contributed by atoms with van der Waals surface area (Å²) in [6, 6.07) is 3.22. The molecule has 0 saturated heterocycles. The largest absolute Gasteiger partial charge is 0.395 e. The lowest BCUT2D eigenvalue weighted by atomic mass is 10.0. The van der Waals surface area contributed by atoms with Crippen LogP contribution in [0, 0.1) is 21.8 Å². The minimum Gasteiger partial charge on any atom is -0.395 e. The van der Waals surface area contributed by atoms with Gasteiger partial charge in [0.15, 0.2) is 0 Å². The molecule has 0 fully saturated rings. The zero-order chi connectivity index (χ0) is 10.7. The van der Waals surface area contributed by atoms with Crippen molar-refractivity contribution in [2.24, 2.45) is 0 Å². The van der Waals surface area contributed by atoms with Crippen LogP contribution in [0.2, 0.25) is 0 Å². The van der Waals surface area contributed by atoms with Crippen molar-refractivity contribution < 1.29 is 14.4 Å². The average Bonchev–Trinajstić information content (AvgIpc) is 2.15. The van der Waals surface area contributed by atoms with E-state index in [1.165, 1.54) is 6.07 Å². The second-order valence-corrected chi connectivity index (χ2v) is 2.89. The van der Waals surface area contributed by atoms with Crippen LogP contribution >= 0.6 is 0 Å². The summed E-state index contributed by atoms with van der Waals surface area (Å²) in [7, 11) is 0. The lowest BCUT2D eigenvalue weighted by Gasteiger charge is -2.06. The fraction of sp³-hybridized carbons (Fsp3) is 0.222. The van der Waals surface area contributed by atoms with E-state index in [2.05, 4.69) is 0 Å². The number of non-ortho nitro benzene ring substituents is 1. The van der Waals surface area contributed by atoms with Gasteiger partial charge in [-0.05, 0) is 11.6 Å². The molecule has 1 aromatic carbocycles. The van der Waals surface area contributed by atoms with E-state index in [1.807, 2.05) is 0 Å².